The highest BCUT2D eigenvalue weighted by Gasteiger charge is 2.12. The Kier molecular flexibility index (Phi) is 8.53. The molecule has 0 radical (unpaired) electrons. The predicted octanol–water partition coefficient (Wildman–Crippen LogP) is 6.18. The standard InChI is InChI=1S/C32H29ClN6O2/c1-39(2)16-6-11-30(40)35-24-14-12-22(13-15-24)32(41)36-25-9-5-7-21(17-25)18-29-34-20-26(33)31(38-29)28-19-23-8-3-4-10-27(23)37-28/h3-15,17,19-20,37H,16,18H2,1-2H3,(H,35,40)(H,36,41)/b11-6+. The summed E-state index contributed by atoms with van der Waals surface area (Å²) in [5.41, 5.74) is 5.15. The van der Waals surface area contributed by atoms with Crippen molar-refractivity contribution in [3.63, 3.8) is 0 Å². The van der Waals surface area contributed by atoms with E-state index in [1.165, 1.54) is 6.08 Å². The van der Waals surface area contributed by atoms with E-state index in [1.54, 1.807) is 36.5 Å². The van der Waals surface area contributed by atoms with E-state index in [0.29, 0.717) is 46.4 Å². The van der Waals surface area contributed by atoms with Crippen molar-refractivity contribution in [1.29, 1.82) is 0 Å². The third kappa shape index (κ3) is 7.25. The minimum absolute atomic E-state index is 0.223. The van der Waals surface area contributed by atoms with E-state index in [4.69, 9.17) is 16.6 Å². The maximum atomic E-state index is 12.9. The molecule has 0 spiro atoms. The predicted molar refractivity (Wildman–Crippen MR) is 164 cm³/mol. The molecule has 2 heterocycles. The van der Waals surface area contributed by atoms with Gasteiger partial charge in [-0.2, -0.15) is 0 Å². The van der Waals surface area contributed by atoms with Crippen LogP contribution in [0.3, 0.4) is 0 Å². The zero-order chi connectivity index (χ0) is 28.8. The highest BCUT2D eigenvalue weighted by atomic mass is 35.5. The van der Waals surface area contributed by atoms with Crippen molar-refractivity contribution in [2.75, 3.05) is 31.3 Å². The Bertz CT molecular complexity index is 1690. The van der Waals surface area contributed by atoms with Crippen LogP contribution in [0, 0.1) is 0 Å². The molecule has 3 N–H and O–H groups in total. The molecule has 206 valence electrons. The van der Waals surface area contributed by atoms with Crippen LogP contribution in [0.4, 0.5) is 11.4 Å². The van der Waals surface area contributed by atoms with E-state index < -0.39 is 0 Å². The molecule has 9 heteroatoms. The monoisotopic (exact) mass is 564 g/mol. The van der Waals surface area contributed by atoms with Gasteiger partial charge < -0.3 is 20.5 Å². The number of halogens is 1. The number of amides is 2. The van der Waals surface area contributed by atoms with Gasteiger partial charge in [0.05, 0.1) is 10.7 Å². The molecular weight excluding hydrogens is 536 g/mol. The number of nitrogens with one attached hydrogen (secondary N) is 3. The first kappa shape index (κ1) is 27.8. The topological polar surface area (TPSA) is 103 Å². The van der Waals surface area contributed by atoms with Gasteiger partial charge in [-0.15, -0.1) is 0 Å². The van der Waals surface area contributed by atoms with Gasteiger partial charge in [-0.1, -0.05) is 48.0 Å². The molecule has 0 atom stereocenters. The van der Waals surface area contributed by atoms with Crippen molar-refractivity contribution in [3.8, 4) is 11.4 Å². The minimum atomic E-state index is -0.255. The molecule has 5 aromatic rings. The summed E-state index contributed by atoms with van der Waals surface area (Å²) in [4.78, 5) is 39.4. The Hall–Kier alpha value is -4.79. The first-order chi connectivity index (χ1) is 19.8. The van der Waals surface area contributed by atoms with Crippen molar-refractivity contribution >= 4 is 45.7 Å². The van der Waals surface area contributed by atoms with E-state index in [1.807, 2.05) is 73.6 Å². The van der Waals surface area contributed by atoms with E-state index in [0.717, 1.165) is 22.2 Å². The van der Waals surface area contributed by atoms with Crippen molar-refractivity contribution in [2.24, 2.45) is 0 Å². The van der Waals surface area contributed by atoms with E-state index >= 15 is 0 Å². The molecule has 0 saturated carbocycles. The van der Waals surface area contributed by atoms with Crippen LogP contribution in [0.15, 0.2) is 97.2 Å². The Labute approximate surface area is 243 Å². The van der Waals surface area contributed by atoms with Crippen LogP contribution >= 0.6 is 11.6 Å². The lowest BCUT2D eigenvalue weighted by atomic mass is 10.1. The summed E-state index contributed by atoms with van der Waals surface area (Å²) in [5, 5.41) is 7.27. The SMILES string of the molecule is CN(C)C/C=C/C(=O)Nc1ccc(C(=O)Nc2cccc(Cc3ncc(Cl)c(-c4cc5ccccc5[nH]4)n3)c2)cc1. The normalized spacial score (nSPS) is 11.3. The number of carbonyl (C=O) groups excluding carboxylic acids is 2. The Balaban J connectivity index is 1.23. The van der Waals surface area contributed by atoms with Gasteiger partial charge in [0, 0.05) is 53.1 Å². The number of carbonyl (C=O) groups is 2. The number of aromatic amines is 1. The number of likely N-dealkylation sites (N-methyl/N-ethyl adjacent to an activating group) is 1. The summed E-state index contributed by atoms with van der Waals surface area (Å²) in [7, 11) is 3.86. The number of benzene rings is 3. The number of anilines is 2. The molecular formula is C32H29ClN6O2. The van der Waals surface area contributed by atoms with Crippen molar-refractivity contribution in [1.82, 2.24) is 19.9 Å². The van der Waals surface area contributed by atoms with Gasteiger partial charge in [0.25, 0.3) is 5.91 Å². The highest BCUT2D eigenvalue weighted by molar-refractivity contribution is 6.32. The fourth-order valence-electron chi connectivity index (χ4n) is 4.28. The first-order valence-electron chi connectivity index (χ1n) is 13.1. The second kappa shape index (κ2) is 12.6. The zero-order valence-corrected chi connectivity index (χ0v) is 23.4. The van der Waals surface area contributed by atoms with Gasteiger partial charge in [0.15, 0.2) is 0 Å². The smallest absolute Gasteiger partial charge is 0.255 e. The van der Waals surface area contributed by atoms with Crippen LogP contribution < -0.4 is 10.6 Å². The third-order valence-corrected chi connectivity index (χ3v) is 6.56. The number of H-pyrrole nitrogens is 1. The molecule has 2 amide bonds. The van der Waals surface area contributed by atoms with Crippen LogP contribution in [0.2, 0.25) is 5.02 Å². The molecule has 0 aliphatic heterocycles. The van der Waals surface area contributed by atoms with Gasteiger partial charge in [0.2, 0.25) is 5.91 Å². The number of nitrogens with zero attached hydrogens (tertiary/aromatic N) is 3. The summed E-state index contributed by atoms with van der Waals surface area (Å²) in [6, 6.07) is 24.3. The number of rotatable bonds is 9. The quantitative estimate of drug-likeness (QED) is 0.186. The molecule has 0 unspecified atom stereocenters. The van der Waals surface area contributed by atoms with Gasteiger partial charge in [-0.25, -0.2) is 9.97 Å². The molecule has 0 saturated heterocycles. The van der Waals surface area contributed by atoms with Crippen LogP contribution in [0.25, 0.3) is 22.3 Å². The lowest BCUT2D eigenvalue weighted by Gasteiger charge is -2.09. The lowest BCUT2D eigenvalue weighted by molar-refractivity contribution is -0.111. The first-order valence-corrected chi connectivity index (χ1v) is 13.4. The zero-order valence-electron chi connectivity index (χ0n) is 22.7. The Morgan fingerprint density at radius 1 is 0.951 bits per heavy atom. The molecule has 0 aliphatic carbocycles. The number of aromatic nitrogens is 3. The third-order valence-electron chi connectivity index (χ3n) is 6.28. The molecule has 3 aromatic carbocycles. The maximum absolute atomic E-state index is 12.9. The van der Waals surface area contributed by atoms with Crippen LogP contribution in [0.5, 0.6) is 0 Å². The molecule has 0 fully saturated rings. The molecule has 5 rings (SSSR count). The van der Waals surface area contributed by atoms with Gasteiger partial charge >= 0.3 is 0 Å². The molecule has 2 aromatic heterocycles. The minimum Gasteiger partial charge on any atom is -0.353 e. The van der Waals surface area contributed by atoms with Gasteiger partial charge in [-0.3, -0.25) is 9.59 Å². The molecule has 0 bridgehead atoms. The fourth-order valence-corrected chi connectivity index (χ4v) is 4.48. The Morgan fingerprint density at radius 3 is 2.54 bits per heavy atom. The largest absolute Gasteiger partial charge is 0.353 e. The average molecular weight is 565 g/mol. The maximum Gasteiger partial charge on any atom is 0.255 e. The van der Waals surface area contributed by atoms with E-state index in [-0.39, 0.29) is 11.8 Å². The van der Waals surface area contributed by atoms with Gasteiger partial charge in [-0.05, 0) is 68.2 Å². The highest BCUT2D eigenvalue weighted by Crippen LogP contribution is 2.28. The number of fused-ring (bicyclic) bond motifs is 1. The van der Waals surface area contributed by atoms with Crippen molar-refractivity contribution in [2.45, 2.75) is 6.42 Å². The summed E-state index contributed by atoms with van der Waals surface area (Å²) in [6.07, 6.45) is 5.35. The lowest BCUT2D eigenvalue weighted by Crippen LogP contribution is -2.14. The summed E-state index contributed by atoms with van der Waals surface area (Å²) >= 11 is 6.45. The number of hydrogen-bond acceptors (Lipinski definition) is 5. The van der Waals surface area contributed by atoms with E-state index in [9.17, 15) is 9.59 Å². The second-order valence-electron chi connectivity index (χ2n) is 9.82. The van der Waals surface area contributed by atoms with Gasteiger partial charge in [0.1, 0.15) is 11.5 Å². The fraction of sp³-hybridized carbons (Fsp3) is 0.125. The number of para-hydroxylation sites is 1. The Morgan fingerprint density at radius 2 is 1.76 bits per heavy atom. The molecule has 8 nitrogen and oxygen atoms in total. The van der Waals surface area contributed by atoms with Crippen molar-refractivity contribution < 1.29 is 9.59 Å². The van der Waals surface area contributed by atoms with Crippen LogP contribution in [-0.4, -0.2) is 52.3 Å². The summed E-state index contributed by atoms with van der Waals surface area (Å²) in [5.74, 6) is 0.134. The molecule has 41 heavy (non-hydrogen) atoms. The molecule has 0 aliphatic rings. The van der Waals surface area contributed by atoms with E-state index in [2.05, 4.69) is 20.6 Å². The second-order valence-corrected chi connectivity index (χ2v) is 10.2. The summed E-state index contributed by atoms with van der Waals surface area (Å²) < 4.78 is 0. The average Bonchev–Trinajstić information content (AvgIpc) is 3.39. The van der Waals surface area contributed by atoms with Crippen LogP contribution in [-0.2, 0) is 11.2 Å². The van der Waals surface area contributed by atoms with Crippen LogP contribution in [0.1, 0.15) is 21.7 Å². The van der Waals surface area contributed by atoms with Crippen molar-refractivity contribution in [3.05, 3.63) is 119 Å². The summed E-state index contributed by atoms with van der Waals surface area (Å²) in [6.45, 7) is 0.673. The number of hydrogen-bond donors (Lipinski definition) is 3.